The third-order valence-corrected chi connectivity index (χ3v) is 7.58. The zero-order chi connectivity index (χ0) is 32.1. The van der Waals surface area contributed by atoms with Gasteiger partial charge in [-0.25, -0.2) is 16.8 Å². The number of nitrogens with zero attached hydrogens (tertiary/aromatic N) is 1. The summed E-state index contributed by atoms with van der Waals surface area (Å²) >= 11 is 0. The summed E-state index contributed by atoms with van der Waals surface area (Å²) in [5, 5.41) is -7.69. The number of rotatable bonds is 14. The van der Waals surface area contributed by atoms with Gasteiger partial charge in [-0.05, 0) is 12.8 Å². The van der Waals surface area contributed by atoms with Crippen LogP contribution in [0.2, 0.25) is 0 Å². The first-order valence-corrected chi connectivity index (χ1v) is 12.3. The molecular weight excluding hydrogens is 688 g/mol. The van der Waals surface area contributed by atoms with E-state index in [2.05, 4.69) is 0 Å². The summed E-state index contributed by atoms with van der Waals surface area (Å²) in [7, 11) is -12.5. The van der Waals surface area contributed by atoms with Gasteiger partial charge in [0.1, 0.15) is 0 Å². The normalized spacial score (nSPS) is 15.8. The first kappa shape index (κ1) is 42.4. The van der Waals surface area contributed by atoms with E-state index in [0.29, 0.717) is 6.92 Å². The molecule has 0 aliphatic carbocycles. The van der Waals surface area contributed by atoms with E-state index < -0.39 is 103 Å². The van der Waals surface area contributed by atoms with Crippen LogP contribution in [0.15, 0.2) is 0 Å². The molecule has 0 aromatic carbocycles. The molecule has 0 aliphatic rings. The van der Waals surface area contributed by atoms with Crippen molar-refractivity contribution in [2.24, 2.45) is 0 Å². The monoisotopic (exact) mass is 701 g/mol. The zero-order valence-corrected chi connectivity index (χ0v) is 24.0. The molecule has 0 rings (SSSR count). The van der Waals surface area contributed by atoms with E-state index in [1.807, 2.05) is 0 Å². The van der Waals surface area contributed by atoms with Crippen molar-refractivity contribution in [3.63, 3.8) is 0 Å². The number of halogens is 17. The Balaban J connectivity index is 0. The van der Waals surface area contributed by atoms with E-state index in [9.17, 15) is 96.0 Å². The molecular formula is C14H13F17KNO5S2. The molecule has 0 spiro atoms. The van der Waals surface area contributed by atoms with Gasteiger partial charge in [0, 0.05) is 18.8 Å². The number of hydrogen-bond acceptors (Lipinski definition) is 5. The minimum Gasteiger partial charge on any atom is -0.748 e. The second-order valence-electron chi connectivity index (χ2n) is 7.43. The number of unbranched alkanes of at least 4 members (excludes halogenated alkanes) is 1. The molecule has 0 saturated heterocycles. The molecule has 26 heteroatoms. The van der Waals surface area contributed by atoms with Gasteiger partial charge in [-0.2, -0.15) is 78.9 Å². The van der Waals surface area contributed by atoms with Crippen LogP contribution in [0.1, 0.15) is 19.8 Å². The summed E-state index contributed by atoms with van der Waals surface area (Å²) in [5.74, 6) is -53.5. The maximum Gasteiger partial charge on any atom is 1.00 e. The van der Waals surface area contributed by atoms with Gasteiger partial charge in [0.15, 0.2) is 0 Å². The van der Waals surface area contributed by atoms with Crippen LogP contribution in [0, 0.1) is 0 Å². The predicted octanol–water partition coefficient (Wildman–Crippen LogP) is 1.93. The number of sulfonamides is 1. The second-order valence-corrected chi connectivity index (χ2v) is 10.9. The molecule has 0 saturated carbocycles. The molecule has 0 amide bonds. The Morgan fingerprint density at radius 2 is 0.900 bits per heavy atom. The van der Waals surface area contributed by atoms with Gasteiger partial charge in [-0.1, -0.05) is 6.92 Å². The summed E-state index contributed by atoms with van der Waals surface area (Å²) in [6.07, 6.45) is -9.82. The average Bonchev–Trinajstić information content (AvgIpc) is 2.70. The fourth-order valence-electron chi connectivity index (χ4n) is 2.49. The maximum atomic E-state index is 14.1. The smallest absolute Gasteiger partial charge is 0.748 e. The van der Waals surface area contributed by atoms with Gasteiger partial charge in [-0.3, -0.25) is 0 Å². The van der Waals surface area contributed by atoms with Crippen molar-refractivity contribution in [3.05, 3.63) is 0 Å². The molecule has 0 heterocycles. The van der Waals surface area contributed by atoms with Crippen molar-refractivity contribution in [1.29, 1.82) is 0 Å². The standard InChI is InChI=1S/C14H14F17NO5S2.K/c1-2-32(5-3-4-6-38(33,34)35)39(36,37)14(30,31)12(25,26)10(21,22)8(17,18)7(15,16)9(19,20)11(23,24)13(27,28)29;/h2-6H2,1H3,(H,33,34,35);/q;+1/p-1. The summed E-state index contributed by atoms with van der Waals surface area (Å²) in [6, 6.07) is 0. The molecule has 0 unspecified atom stereocenters. The van der Waals surface area contributed by atoms with Gasteiger partial charge >= 0.3 is 98.4 Å². The summed E-state index contributed by atoms with van der Waals surface area (Å²) < 4.78 is 280. The van der Waals surface area contributed by atoms with E-state index >= 15 is 0 Å². The van der Waals surface area contributed by atoms with Gasteiger partial charge in [0.05, 0.1) is 10.1 Å². The Morgan fingerprint density at radius 3 is 1.20 bits per heavy atom. The second kappa shape index (κ2) is 12.3. The molecule has 0 fully saturated rings. The zero-order valence-electron chi connectivity index (χ0n) is 19.3. The largest absolute Gasteiger partial charge is 1.00 e. The summed E-state index contributed by atoms with van der Waals surface area (Å²) in [5.41, 5.74) is 0. The Labute approximate surface area is 255 Å². The van der Waals surface area contributed by atoms with E-state index in [0.717, 1.165) is 0 Å². The van der Waals surface area contributed by atoms with Gasteiger partial charge in [0.2, 0.25) is 0 Å². The van der Waals surface area contributed by atoms with Crippen LogP contribution in [-0.2, 0) is 20.1 Å². The van der Waals surface area contributed by atoms with Crippen molar-refractivity contribution >= 4 is 20.1 Å². The maximum absolute atomic E-state index is 14.1. The average molecular weight is 701 g/mol. The van der Waals surface area contributed by atoms with Crippen molar-refractivity contribution in [2.75, 3.05) is 18.8 Å². The van der Waals surface area contributed by atoms with Gasteiger partial charge in [0.25, 0.3) is 10.0 Å². The first-order valence-electron chi connectivity index (χ1n) is 9.31. The van der Waals surface area contributed by atoms with Gasteiger partial charge < -0.3 is 4.55 Å². The van der Waals surface area contributed by atoms with Crippen LogP contribution in [-0.4, -0.2) is 91.5 Å². The molecule has 6 nitrogen and oxygen atoms in total. The quantitative estimate of drug-likeness (QED) is 0.120. The van der Waals surface area contributed by atoms with Crippen LogP contribution in [0.5, 0.6) is 0 Å². The van der Waals surface area contributed by atoms with Crippen LogP contribution >= 0.6 is 0 Å². The van der Waals surface area contributed by atoms with E-state index in [1.165, 1.54) is 0 Å². The Bertz CT molecular complexity index is 1090. The van der Waals surface area contributed by atoms with E-state index in [-0.39, 0.29) is 51.4 Å². The third kappa shape index (κ3) is 6.82. The SMILES string of the molecule is CCN(CCCCS(=O)(=O)[O-])S(=O)(=O)C(F)(F)C(F)(F)C(F)(F)C(F)(F)C(F)(F)C(F)(F)C(F)(F)C(F)(F)F.[K+]. The molecule has 0 radical (unpaired) electrons. The van der Waals surface area contributed by atoms with Crippen LogP contribution in [0.25, 0.3) is 0 Å². The number of alkyl halides is 17. The fraction of sp³-hybridized carbons (Fsp3) is 1.00. The van der Waals surface area contributed by atoms with Crippen molar-refractivity contribution in [1.82, 2.24) is 4.31 Å². The van der Waals surface area contributed by atoms with Gasteiger partial charge in [-0.15, -0.1) is 0 Å². The van der Waals surface area contributed by atoms with Crippen LogP contribution in [0.3, 0.4) is 0 Å². The molecule has 40 heavy (non-hydrogen) atoms. The van der Waals surface area contributed by atoms with Crippen molar-refractivity contribution < 1.29 is 147 Å². The minimum atomic E-state index is -8.93. The predicted molar refractivity (Wildman–Crippen MR) is 90.6 cm³/mol. The molecule has 0 aromatic rings. The Morgan fingerprint density at radius 1 is 0.575 bits per heavy atom. The topological polar surface area (TPSA) is 94.6 Å². The first-order chi connectivity index (χ1) is 16.7. The van der Waals surface area contributed by atoms with E-state index in [1.54, 1.807) is 0 Å². The summed E-state index contributed by atoms with van der Waals surface area (Å²) in [6.45, 7) is -2.52. The van der Waals surface area contributed by atoms with Crippen LogP contribution < -0.4 is 51.4 Å². The van der Waals surface area contributed by atoms with Crippen molar-refractivity contribution in [2.45, 2.75) is 66.7 Å². The van der Waals surface area contributed by atoms with Crippen LogP contribution in [0.4, 0.5) is 74.6 Å². The summed E-state index contributed by atoms with van der Waals surface area (Å²) in [4.78, 5) is 0. The molecule has 236 valence electrons. The third-order valence-electron chi connectivity index (χ3n) is 4.76. The van der Waals surface area contributed by atoms with Crippen molar-refractivity contribution in [3.8, 4) is 0 Å². The molecule has 0 N–H and O–H groups in total. The Hall–Kier alpha value is 0.266. The minimum absolute atomic E-state index is 0. The molecule has 0 atom stereocenters. The molecule has 0 aromatic heterocycles. The Kier molecular flexibility index (Phi) is 13.1. The molecule has 0 bridgehead atoms. The fourth-order valence-corrected chi connectivity index (χ4v) is 4.53. The molecule has 0 aliphatic heterocycles. The number of hydrogen-bond donors (Lipinski definition) is 0. The van der Waals surface area contributed by atoms with E-state index in [4.69, 9.17) is 0 Å².